The van der Waals surface area contributed by atoms with E-state index in [4.69, 9.17) is 0 Å². The first-order chi connectivity index (χ1) is 21.2. The number of fused-ring (bicyclic) bond motifs is 3. The number of allylic oxidation sites excluding steroid dienone is 17. The van der Waals surface area contributed by atoms with Crippen LogP contribution in [-0.2, 0) is 6.42 Å². The van der Waals surface area contributed by atoms with Gasteiger partial charge >= 0.3 is 0 Å². The topological polar surface area (TPSA) is 6.48 Å². The third-order valence-corrected chi connectivity index (χ3v) is 10.8. The molecule has 43 heavy (non-hydrogen) atoms. The monoisotopic (exact) mass is 564 g/mol. The minimum atomic E-state index is 0.488. The van der Waals surface area contributed by atoms with E-state index in [2.05, 4.69) is 120 Å². The van der Waals surface area contributed by atoms with Gasteiger partial charge in [-0.05, 0) is 130 Å². The molecule has 218 valence electrons. The van der Waals surface area contributed by atoms with Crippen molar-refractivity contribution in [1.29, 1.82) is 0 Å². The number of aryl methyl sites for hydroxylation is 1. The molecule has 5 aliphatic carbocycles. The minimum Gasteiger partial charge on any atom is -0.345 e. The van der Waals surface area contributed by atoms with Gasteiger partial charge in [-0.15, -0.1) is 0 Å². The summed E-state index contributed by atoms with van der Waals surface area (Å²) in [5.74, 6) is 2.28. The quantitative estimate of drug-likeness (QED) is 0.339. The van der Waals surface area contributed by atoms with Crippen LogP contribution in [-0.4, -0.2) is 11.4 Å². The molecule has 0 N–H and O–H groups in total. The van der Waals surface area contributed by atoms with Crippen LogP contribution in [0.3, 0.4) is 0 Å². The number of rotatable bonds is 6. The Balaban J connectivity index is 1.04. The summed E-state index contributed by atoms with van der Waals surface area (Å²) < 4.78 is 0. The third-order valence-electron chi connectivity index (χ3n) is 10.8. The summed E-state index contributed by atoms with van der Waals surface area (Å²) in [6.45, 7) is 3.31. The highest BCUT2D eigenvalue weighted by Crippen LogP contribution is 2.50. The largest absolute Gasteiger partial charge is 0.345 e. The van der Waals surface area contributed by atoms with Gasteiger partial charge in [-0.25, -0.2) is 0 Å². The fourth-order valence-corrected chi connectivity index (χ4v) is 8.59. The summed E-state index contributed by atoms with van der Waals surface area (Å²) in [6.07, 6.45) is 44.3. The van der Waals surface area contributed by atoms with Crippen LogP contribution in [0, 0.1) is 30.6 Å². The van der Waals surface area contributed by atoms with Gasteiger partial charge in [-0.3, -0.25) is 0 Å². The van der Waals surface area contributed by atoms with Crippen molar-refractivity contribution in [2.45, 2.75) is 64.7 Å². The highest BCUT2D eigenvalue weighted by molar-refractivity contribution is 5.64. The van der Waals surface area contributed by atoms with E-state index in [0.717, 1.165) is 38.6 Å². The molecule has 7 aliphatic rings. The van der Waals surface area contributed by atoms with E-state index < -0.39 is 0 Å². The van der Waals surface area contributed by atoms with Gasteiger partial charge in [-0.2, -0.15) is 0 Å². The lowest BCUT2D eigenvalue weighted by Crippen LogP contribution is -2.26. The van der Waals surface area contributed by atoms with Gasteiger partial charge in [0.25, 0.3) is 0 Å². The molecule has 0 saturated heterocycles. The zero-order chi connectivity index (χ0) is 28.8. The molecule has 1 aromatic carbocycles. The molecule has 2 heterocycles. The Kier molecular flexibility index (Phi) is 7.10. The zero-order valence-corrected chi connectivity index (χ0v) is 25.6. The summed E-state index contributed by atoms with van der Waals surface area (Å²) in [5, 5.41) is 0. The average molecular weight is 565 g/mol. The summed E-state index contributed by atoms with van der Waals surface area (Å²) in [6, 6.07) is 7.00. The predicted octanol–water partition coefficient (Wildman–Crippen LogP) is 9.94. The van der Waals surface area contributed by atoms with Gasteiger partial charge in [0, 0.05) is 40.9 Å². The normalized spacial score (nSPS) is 27.9. The molecular weight excluding hydrogens is 520 g/mol. The van der Waals surface area contributed by atoms with Gasteiger partial charge in [-0.1, -0.05) is 78.5 Å². The first-order valence-corrected chi connectivity index (χ1v) is 16.8. The van der Waals surface area contributed by atoms with Crippen LogP contribution < -0.4 is 4.90 Å². The van der Waals surface area contributed by atoms with Crippen molar-refractivity contribution in [3.8, 4) is 0 Å². The zero-order valence-electron chi connectivity index (χ0n) is 25.6. The highest BCUT2D eigenvalue weighted by Gasteiger charge is 2.40. The van der Waals surface area contributed by atoms with E-state index >= 15 is 0 Å². The van der Waals surface area contributed by atoms with Gasteiger partial charge < -0.3 is 9.80 Å². The van der Waals surface area contributed by atoms with Crippen LogP contribution in [0.5, 0.6) is 0 Å². The second kappa shape index (κ2) is 11.4. The number of benzene rings is 1. The standard InChI is InChI=1S/C41H44N2/c1-29-16-22-39-33(26-29)24-25-42(39)35-21-23-41-38(28-35)36-14-8-9-15-40(36)43(41)34-19-17-30(18-20-34)27-37(31-10-4-2-5-11-31)32-12-6-3-7-13-32/h2,4-6,9-10,12-13,15-17,19-23,26,30-31,37-38H,3,7-8,11,14,18,24-25,27-28H2,1H3. The maximum absolute atomic E-state index is 2.61. The fraction of sp³-hybridized carbons (Fsp3) is 0.366. The lowest BCUT2D eigenvalue weighted by atomic mass is 9.74. The Labute approximate surface area is 258 Å². The van der Waals surface area contributed by atoms with Crippen LogP contribution in [0.1, 0.15) is 62.5 Å². The Morgan fingerprint density at radius 1 is 0.884 bits per heavy atom. The van der Waals surface area contributed by atoms with Crippen molar-refractivity contribution in [3.63, 3.8) is 0 Å². The van der Waals surface area contributed by atoms with E-state index in [1.807, 2.05) is 0 Å². The Hall–Kier alpha value is -3.78. The molecule has 8 rings (SSSR count). The summed E-state index contributed by atoms with van der Waals surface area (Å²) in [7, 11) is 0. The molecule has 4 unspecified atom stereocenters. The first kappa shape index (κ1) is 26.8. The van der Waals surface area contributed by atoms with Crippen molar-refractivity contribution >= 4 is 5.69 Å². The van der Waals surface area contributed by atoms with Gasteiger partial charge in [0.2, 0.25) is 0 Å². The number of anilines is 1. The van der Waals surface area contributed by atoms with E-state index in [-0.39, 0.29) is 0 Å². The second-order valence-corrected chi connectivity index (χ2v) is 13.4. The van der Waals surface area contributed by atoms with Crippen LogP contribution in [0.15, 0.2) is 137 Å². The SMILES string of the molecule is Cc1ccc2c(c1)CCN2C1=CC=C2C(C1)C1=C(C=CCC1)N2C1=CCC(CC(C2=CCCC=C2)C2C=CC=CC2)C=C1. The van der Waals surface area contributed by atoms with E-state index in [1.54, 1.807) is 11.1 Å². The average Bonchev–Trinajstić information content (AvgIpc) is 3.63. The molecule has 2 heteroatoms. The van der Waals surface area contributed by atoms with E-state index in [0.29, 0.717) is 23.7 Å². The van der Waals surface area contributed by atoms with Gasteiger partial charge in [0.1, 0.15) is 0 Å². The Morgan fingerprint density at radius 3 is 2.67 bits per heavy atom. The smallest absolute Gasteiger partial charge is 0.0454 e. The predicted molar refractivity (Wildman–Crippen MR) is 180 cm³/mol. The van der Waals surface area contributed by atoms with Gasteiger partial charge in [0.15, 0.2) is 0 Å². The highest BCUT2D eigenvalue weighted by atomic mass is 15.2. The Morgan fingerprint density at radius 2 is 1.84 bits per heavy atom. The number of nitrogens with zero attached hydrogens (tertiary/aromatic N) is 2. The maximum atomic E-state index is 2.61. The van der Waals surface area contributed by atoms with Crippen LogP contribution in [0.2, 0.25) is 0 Å². The first-order valence-electron chi connectivity index (χ1n) is 16.8. The van der Waals surface area contributed by atoms with Crippen LogP contribution in [0.25, 0.3) is 0 Å². The molecule has 0 aromatic heterocycles. The molecule has 0 bridgehead atoms. The third kappa shape index (κ3) is 4.99. The van der Waals surface area contributed by atoms with Gasteiger partial charge in [0.05, 0.1) is 0 Å². The number of hydrogen-bond donors (Lipinski definition) is 0. The second-order valence-electron chi connectivity index (χ2n) is 13.4. The molecule has 1 aromatic rings. The molecule has 4 atom stereocenters. The van der Waals surface area contributed by atoms with Crippen LogP contribution >= 0.6 is 0 Å². The molecule has 2 nitrogen and oxygen atoms in total. The Bertz CT molecular complexity index is 1610. The maximum Gasteiger partial charge on any atom is 0.0454 e. The lowest BCUT2D eigenvalue weighted by Gasteiger charge is -2.34. The van der Waals surface area contributed by atoms with Crippen molar-refractivity contribution in [1.82, 2.24) is 4.90 Å². The fourth-order valence-electron chi connectivity index (χ4n) is 8.59. The lowest BCUT2D eigenvalue weighted by molar-refractivity contribution is 0.377. The summed E-state index contributed by atoms with van der Waals surface area (Å²) in [4.78, 5) is 5.20. The molecule has 0 fully saturated rings. The molecule has 0 spiro atoms. The molecule has 2 aliphatic heterocycles. The number of hydrogen-bond acceptors (Lipinski definition) is 2. The summed E-state index contributed by atoms with van der Waals surface area (Å²) >= 11 is 0. The van der Waals surface area contributed by atoms with Crippen molar-refractivity contribution < 1.29 is 0 Å². The summed E-state index contributed by atoms with van der Waals surface area (Å²) in [5.41, 5.74) is 13.3. The molecule has 0 radical (unpaired) electrons. The molecule has 0 saturated carbocycles. The molecule has 0 amide bonds. The van der Waals surface area contributed by atoms with Crippen molar-refractivity contribution in [2.24, 2.45) is 23.7 Å². The molecular formula is C41H44N2. The minimum absolute atomic E-state index is 0.488. The van der Waals surface area contributed by atoms with Crippen molar-refractivity contribution in [3.05, 3.63) is 148 Å². The van der Waals surface area contributed by atoms with Crippen molar-refractivity contribution in [2.75, 3.05) is 11.4 Å². The van der Waals surface area contributed by atoms with Crippen LogP contribution in [0.4, 0.5) is 5.69 Å². The van der Waals surface area contributed by atoms with E-state index in [1.165, 1.54) is 65.3 Å². The van der Waals surface area contributed by atoms with E-state index in [9.17, 15) is 0 Å².